The molecule has 1 aromatic carbocycles. The highest BCUT2D eigenvalue weighted by Gasteiger charge is 2.38. The zero-order valence-electron chi connectivity index (χ0n) is 16.5. The van der Waals surface area contributed by atoms with E-state index in [1.165, 1.54) is 20.2 Å². The first-order chi connectivity index (χ1) is 13.7. The number of hydrogen-bond acceptors (Lipinski definition) is 6. The largest absolute Gasteiger partial charge is 0.459 e. The first kappa shape index (κ1) is 20.1. The van der Waals surface area contributed by atoms with Crippen LogP contribution in [0.3, 0.4) is 0 Å². The van der Waals surface area contributed by atoms with Crippen LogP contribution in [-0.2, 0) is 14.3 Å². The standard InChI is InChI=1S/C21H20N2O6/c1-12(2)28-20(26)14-7-5-13(6-8-14)17-10-9-15(29-17)11-16-18(24)22(3)21(27)23(4)19(16)25/h5-12H,1-4H3. The summed E-state index contributed by atoms with van der Waals surface area (Å²) in [6, 6.07) is 9.29. The first-order valence-electron chi connectivity index (χ1n) is 8.92. The second-order valence-corrected chi connectivity index (χ2v) is 6.80. The van der Waals surface area contributed by atoms with Crippen molar-refractivity contribution in [2.45, 2.75) is 20.0 Å². The molecule has 1 aliphatic heterocycles. The Bertz CT molecular complexity index is 990. The number of nitrogens with zero attached hydrogens (tertiary/aromatic N) is 2. The van der Waals surface area contributed by atoms with E-state index < -0.39 is 23.8 Å². The molecule has 0 bridgehead atoms. The van der Waals surface area contributed by atoms with Gasteiger partial charge in [0.25, 0.3) is 11.8 Å². The molecule has 0 aliphatic carbocycles. The number of likely N-dealkylation sites (N-methyl/N-ethyl adjacent to an activating group) is 2. The monoisotopic (exact) mass is 396 g/mol. The maximum atomic E-state index is 12.3. The molecule has 150 valence electrons. The average Bonchev–Trinajstić information content (AvgIpc) is 3.16. The number of esters is 1. The highest BCUT2D eigenvalue weighted by atomic mass is 16.5. The lowest BCUT2D eigenvalue weighted by molar-refractivity contribution is -0.134. The molecule has 0 N–H and O–H groups in total. The maximum Gasteiger partial charge on any atom is 0.338 e. The van der Waals surface area contributed by atoms with Crippen LogP contribution in [0, 0.1) is 0 Å². The summed E-state index contributed by atoms with van der Waals surface area (Å²) in [6.45, 7) is 3.55. The van der Waals surface area contributed by atoms with Crippen molar-refractivity contribution in [3.8, 4) is 11.3 Å². The second-order valence-electron chi connectivity index (χ2n) is 6.80. The number of amides is 4. The molecule has 1 aromatic heterocycles. The highest BCUT2D eigenvalue weighted by Crippen LogP contribution is 2.25. The molecule has 1 aliphatic rings. The van der Waals surface area contributed by atoms with Crippen LogP contribution in [0.2, 0.25) is 0 Å². The molecule has 4 amide bonds. The van der Waals surface area contributed by atoms with E-state index in [1.807, 2.05) is 0 Å². The number of imide groups is 2. The SMILES string of the molecule is CC(C)OC(=O)c1ccc(-c2ccc(C=C3C(=O)N(C)C(=O)N(C)C3=O)o2)cc1. The fraction of sp³-hybridized carbons (Fsp3) is 0.238. The Labute approximate surface area is 167 Å². The molecule has 0 radical (unpaired) electrons. The van der Waals surface area contributed by atoms with Crippen LogP contribution >= 0.6 is 0 Å². The minimum atomic E-state index is -0.691. The summed E-state index contributed by atoms with van der Waals surface area (Å²) in [5.74, 6) is -1.01. The van der Waals surface area contributed by atoms with E-state index in [4.69, 9.17) is 9.15 Å². The van der Waals surface area contributed by atoms with Crippen LogP contribution in [0.5, 0.6) is 0 Å². The van der Waals surface area contributed by atoms with Crippen LogP contribution in [0.25, 0.3) is 17.4 Å². The lowest BCUT2D eigenvalue weighted by atomic mass is 10.1. The van der Waals surface area contributed by atoms with E-state index in [0.717, 1.165) is 9.80 Å². The van der Waals surface area contributed by atoms with Crippen molar-refractivity contribution in [1.82, 2.24) is 9.80 Å². The zero-order chi connectivity index (χ0) is 21.3. The average molecular weight is 396 g/mol. The second kappa shape index (κ2) is 7.75. The van der Waals surface area contributed by atoms with Gasteiger partial charge in [-0.3, -0.25) is 19.4 Å². The van der Waals surface area contributed by atoms with Crippen molar-refractivity contribution >= 4 is 29.9 Å². The lowest BCUT2D eigenvalue weighted by Crippen LogP contribution is -2.52. The predicted molar refractivity (Wildman–Crippen MR) is 104 cm³/mol. The van der Waals surface area contributed by atoms with Crippen LogP contribution in [-0.4, -0.2) is 53.8 Å². The third-order valence-electron chi connectivity index (χ3n) is 4.31. The third kappa shape index (κ3) is 3.96. The van der Waals surface area contributed by atoms with Gasteiger partial charge in [0, 0.05) is 19.7 Å². The van der Waals surface area contributed by atoms with Crippen LogP contribution in [0.1, 0.15) is 30.0 Å². The maximum absolute atomic E-state index is 12.3. The van der Waals surface area contributed by atoms with Crippen molar-refractivity contribution in [3.63, 3.8) is 0 Å². The number of benzene rings is 1. The summed E-state index contributed by atoms with van der Waals surface area (Å²) in [5, 5.41) is 0. The molecule has 1 saturated heterocycles. The molecular formula is C21H20N2O6. The number of barbiturate groups is 1. The minimum absolute atomic E-state index is 0.165. The molecule has 0 unspecified atom stereocenters. The Hall–Kier alpha value is -3.68. The Morgan fingerprint density at radius 1 is 0.966 bits per heavy atom. The third-order valence-corrected chi connectivity index (χ3v) is 4.31. The molecule has 8 nitrogen and oxygen atoms in total. The first-order valence-corrected chi connectivity index (χ1v) is 8.92. The van der Waals surface area contributed by atoms with Gasteiger partial charge in [0.2, 0.25) is 0 Å². The number of rotatable bonds is 4. The van der Waals surface area contributed by atoms with E-state index in [0.29, 0.717) is 16.9 Å². The molecule has 1 fully saturated rings. The van der Waals surface area contributed by atoms with E-state index >= 15 is 0 Å². The summed E-state index contributed by atoms with van der Waals surface area (Å²) in [6.07, 6.45) is 1.10. The van der Waals surface area contributed by atoms with Crippen LogP contribution in [0.15, 0.2) is 46.4 Å². The molecule has 0 saturated carbocycles. The Morgan fingerprint density at radius 3 is 2.10 bits per heavy atom. The van der Waals surface area contributed by atoms with Gasteiger partial charge in [-0.15, -0.1) is 0 Å². The minimum Gasteiger partial charge on any atom is -0.459 e. The number of carbonyl (C=O) groups excluding carboxylic acids is 4. The number of hydrogen-bond donors (Lipinski definition) is 0. The fourth-order valence-electron chi connectivity index (χ4n) is 2.76. The summed E-state index contributed by atoms with van der Waals surface area (Å²) in [5.41, 5.74) is 0.967. The van der Waals surface area contributed by atoms with Gasteiger partial charge >= 0.3 is 12.0 Å². The Morgan fingerprint density at radius 2 is 1.55 bits per heavy atom. The summed E-state index contributed by atoms with van der Waals surface area (Å²) in [4.78, 5) is 50.0. The zero-order valence-corrected chi connectivity index (χ0v) is 16.5. The number of urea groups is 1. The predicted octanol–water partition coefficient (Wildman–Crippen LogP) is 2.95. The number of ether oxygens (including phenoxy) is 1. The summed E-state index contributed by atoms with van der Waals surface area (Å²) < 4.78 is 10.9. The van der Waals surface area contributed by atoms with E-state index in [2.05, 4.69) is 0 Å². The summed E-state index contributed by atoms with van der Waals surface area (Å²) >= 11 is 0. The quantitative estimate of drug-likeness (QED) is 0.448. The molecule has 2 aromatic rings. The van der Waals surface area contributed by atoms with E-state index in [1.54, 1.807) is 50.2 Å². The Kier molecular flexibility index (Phi) is 5.36. The highest BCUT2D eigenvalue weighted by molar-refractivity contribution is 6.30. The van der Waals surface area contributed by atoms with Crippen molar-refractivity contribution in [3.05, 3.63) is 53.3 Å². The molecule has 3 rings (SSSR count). The smallest absolute Gasteiger partial charge is 0.338 e. The molecule has 29 heavy (non-hydrogen) atoms. The number of furan rings is 1. The van der Waals surface area contributed by atoms with Gasteiger partial charge in [-0.2, -0.15) is 0 Å². The fourth-order valence-corrected chi connectivity index (χ4v) is 2.76. The van der Waals surface area contributed by atoms with Gasteiger partial charge in [0.05, 0.1) is 11.7 Å². The molecule has 8 heteroatoms. The van der Waals surface area contributed by atoms with Crippen molar-refractivity contribution in [2.75, 3.05) is 14.1 Å². The van der Waals surface area contributed by atoms with Gasteiger partial charge in [-0.05, 0) is 44.2 Å². The van der Waals surface area contributed by atoms with Gasteiger partial charge in [0.15, 0.2) is 0 Å². The van der Waals surface area contributed by atoms with Crippen LogP contribution < -0.4 is 0 Å². The molecular weight excluding hydrogens is 376 g/mol. The topological polar surface area (TPSA) is 97.1 Å². The molecule has 2 heterocycles. The number of carbonyl (C=O) groups is 4. The van der Waals surface area contributed by atoms with Gasteiger partial charge < -0.3 is 9.15 Å². The van der Waals surface area contributed by atoms with Crippen molar-refractivity contribution in [1.29, 1.82) is 0 Å². The normalized spacial score (nSPS) is 14.7. The van der Waals surface area contributed by atoms with E-state index in [9.17, 15) is 19.2 Å². The molecule has 0 spiro atoms. The molecule has 0 atom stereocenters. The lowest BCUT2D eigenvalue weighted by Gasteiger charge is -2.28. The van der Waals surface area contributed by atoms with Crippen molar-refractivity contribution in [2.24, 2.45) is 0 Å². The van der Waals surface area contributed by atoms with Gasteiger partial charge in [-0.25, -0.2) is 9.59 Å². The van der Waals surface area contributed by atoms with E-state index in [-0.39, 0.29) is 17.4 Å². The van der Waals surface area contributed by atoms with Crippen molar-refractivity contribution < 1.29 is 28.3 Å². The van der Waals surface area contributed by atoms with Crippen LogP contribution in [0.4, 0.5) is 4.79 Å². The Balaban J connectivity index is 1.83. The van der Waals surface area contributed by atoms with Gasteiger partial charge in [0.1, 0.15) is 17.1 Å². The van der Waals surface area contributed by atoms with Gasteiger partial charge in [-0.1, -0.05) is 12.1 Å². The summed E-state index contributed by atoms with van der Waals surface area (Å²) in [7, 11) is 2.61.